The number of nitrogens with zero attached hydrogens (tertiary/aromatic N) is 1. The van der Waals surface area contributed by atoms with Gasteiger partial charge in [0.25, 0.3) is 0 Å². The number of hydrogen-bond acceptors (Lipinski definition) is 4. The predicted molar refractivity (Wildman–Crippen MR) is 131 cm³/mol. The zero-order chi connectivity index (χ0) is 24.6. The van der Waals surface area contributed by atoms with Crippen LogP contribution in [0.1, 0.15) is 61.2 Å². The Hall–Kier alpha value is -2.85. The van der Waals surface area contributed by atoms with Crippen LogP contribution in [0.5, 0.6) is 0 Å². The van der Waals surface area contributed by atoms with Crippen LogP contribution in [-0.2, 0) is 27.1 Å². The third kappa shape index (κ3) is 6.43. The van der Waals surface area contributed by atoms with Gasteiger partial charge in [-0.3, -0.25) is 0 Å². The molecule has 0 atom stereocenters. The Morgan fingerprint density at radius 2 is 1.80 bits per heavy atom. The van der Waals surface area contributed by atoms with Crippen molar-refractivity contribution in [1.82, 2.24) is 0 Å². The summed E-state index contributed by atoms with van der Waals surface area (Å²) in [6.45, 7) is 3.85. The molecule has 1 fully saturated rings. The molecule has 1 heterocycles. The maximum absolute atomic E-state index is 15.2. The van der Waals surface area contributed by atoms with Gasteiger partial charge in [0, 0.05) is 17.6 Å². The van der Waals surface area contributed by atoms with Crippen molar-refractivity contribution < 1.29 is 23.0 Å². The zero-order valence-electron chi connectivity index (χ0n) is 20.1. The minimum atomic E-state index is -0.548. The molecule has 0 radical (unpaired) electrons. The fraction of sp³-hybridized carbons (Fsp3) is 0.414. The molecule has 0 bridgehead atoms. The Bertz CT molecular complexity index is 1180. The molecule has 3 aromatic carbocycles. The topological polar surface area (TPSA) is 51.5 Å². The Balaban J connectivity index is 1.35. The lowest BCUT2D eigenvalue weighted by Crippen LogP contribution is -2.33. The molecule has 4 rings (SSSR count). The van der Waals surface area contributed by atoms with E-state index in [1.807, 2.05) is 24.3 Å². The van der Waals surface area contributed by atoms with Crippen LogP contribution < -0.4 is 0 Å². The molecule has 6 heteroatoms. The quantitative estimate of drug-likeness (QED) is 0.301. The lowest BCUT2D eigenvalue weighted by atomic mass is 9.98. The molecule has 0 unspecified atom stereocenters. The second-order valence-electron chi connectivity index (χ2n) is 9.00. The van der Waals surface area contributed by atoms with Crippen molar-refractivity contribution in [2.75, 3.05) is 19.8 Å². The standard InChI is InChI=1S/C29H31F2NO3/c1-2-3-4-5-14-33-25-18-34-29(35-19-25)23-12-13-26-22(16-23)11-10-21(28(26)31)8-6-20-7-9-24(17-32)27(30)15-20/h7,9-13,15-16,25,29H,2-6,8,14,18-19H2,1H3. The number of aryl methyl sites for hydroxylation is 2. The summed E-state index contributed by atoms with van der Waals surface area (Å²) in [5, 5.41) is 10.2. The molecule has 35 heavy (non-hydrogen) atoms. The van der Waals surface area contributed by atoms with E-state index < -0.39 is 12.1 Å². The molecule has 0 spiro atoms. The highest BCUT2D eigenvalue weighted by Gasteiger charge is 2.24. The lowest BCUT2D eigenvalue weighted by Gasteiger charge is -2.29. The summed E-state index contributed by atoms with van der Waals surface area (Å²) in [4.78, 5) is 0. The van der Waals surface area contributed by atoms with Crippen molar-refractivity contribution >= 4 is 10.8 Å². The number of unbranched alkanes of at least 4 members (excludes halogenated alkanes) is 3. The number of nitriles is 1. The summed E-state index contributed by atoms with van der Waals surface area (Å²) in [6.07, 6.45) is 5.02. The van der Waals surface area contributed by atoms with Crippen LogP contribution in [-0.4, -0.2) is 25.9 Å². The van der Waals surface area contributed by atoms with Gasteiger partial charge < -0.3 is 14.2 Å². The van der Waals surface area contributed by atoms with E-state index in [-0.39, 0.29) is 17.5 Å². The molecule has 0 amide bonds. The van der Waals surface area contributed by atoms with Gasteiger partial charge in [0.15, 0.2) is 6.29 Å². The van der Waals surface area contributed by atoms with Crippen molar-refractivity contribution in [2.45, 2.75) is 57.8 Å². The van der Waals surface area contributed by atoms with Crippen molar-refractivity contribution in [3.05, 3.63) is 82.4 Å². The van der Waals surface area contributed by atoms with Crippen LogP contribution in [0.4, 0.5) is 8.78 Å². The van der Waals surface area contributed by atoms with Gasteiger partial charge in [-0.25, -0.2) is 8.78 Å². The fourth-order valence-corrected chi connectivity index (χ4v) is 4.33. The Morgan fingerprint density at radius 3 is 2.54 bits per heavy atom. The predicted octanol–water partition coefficient (Wildman–Crippen LogP) is 6.79. The number of fused-ring (bicyclic) bond motifs is 1. The number of halogens is 2. The zero-order valence-corrected chi connectivity index (χ0v) is 20.1. The minimum Gasteiger partial charge on any atom is -0.373 e. The van der Waals surface area contributed by atoms with E-state index in [9.17, 15) is 4.39 Å². The molecule has 1 aliphatic rings. The van der Waals surface area contributed by atoms with Crippen molar-refractivity contribution in [3.63, 3.8) is 0 Å². The Labute approximate surface area is 205 Å². The minimum absolute atomic E-state index is 0.0119. The van der Waals surface area contributed by atoms with E-state index in [1.165, 1.54) is 31.4 Å². The first-order valence-corrected chi connectivity index (χ1v) is 12.3. The third-order valence-corrected chi connectivity index (χ3v) is 6.39. The Kier molecular flexibility index (Phi) is 8.81. The highest BCUT2D eigenvalue weighted by atomic mass is 19.1. The van der Waals surface area contributed by atoms with Gasteiger partial charge in [-0.2, -0.15) is 5.26 Å². The smallest absolute Gasteiger partial charge is 0.184 e. The van der Waals surface area contributed by atoms with Gasteiger partial charge in [-0.05, 0) is 54.0 Å². The monoisotopic (exact) mass is 479 g/mol. The summed E-state index contributed by atoms with van der Waals surface area (Å²) < 4.78 is 46.7. The highest BCUT2D eigenvalue weighted by Crippen LogP contribution is 2.29. The maximum atomic E-state index is 15.2. The van der Waals surface area contributed by atoms with E-state index in [0.717, 1.165) is 29.5 Å². The molecule has 3 aromatic rings. The van der Waals surface area contributed by atoms with Crippen LogP contribution in [0.25, 0.3) is 10.8 Å². The van der Waals surface area contributed by atoms with Gasteiger partial charge in [0.05, 0.1) is 18.8 Å². The molecule has 0 N–H and O–H groups in total. The molecule has 0 saturated carbocycles. The first-order valence-electron chi connectivity index (χ1n) is 12.3. The molecule has 0 aliphatic carbocycles. The number of ether oxygens (including phenoxy) is 3. The van der Waals surface area contributed by atoms with Crippen LogP contribution in [0.3, 0.4) is 0 Å². The summed E-state index contributed by atoms with van der Waals surface area (Å²) in [5.74, 6) is -0.821. The summed E-state index contributed by atoms with van der Waals surface area (Å²) in [5.41, 5.74) is 2.15. The summed E-state index contributed by atoms with van der Waals surface area (Å²) in [6, 6.07) is 15.5. The lowest BCUT2D eigenvalue weighted by molar-refractivity contribution is -0.230. The third-order valence-electron chi connectivity index (χ3n) is 6.39. The second kappa shape index (κ2) is 12.2. The maximum Gasteiger partial charge on any atom is 0.184 e. The van der Waals surface area contributed by atoms with Crippen LogP contribution in [0.2, 0.25) is 0 Å². The van der Waals surface area contributed by atoms with Gasteiger partial charge >= 0.3 is 0 Å². The molecular formula is C29H31F2NO3. The van der Waals surface area contributed by atoms with E-state index in [0.29, 0.717) is 37.0 Å². The summed E-state index contributed by atoms with van der Waals surface area (Å²) >= 11 is 0. The van der Waals surface area contributed by atoms with E-state index in [4.69, 9.17) is 19.5 Å². The normalized spacial score (nSPS) is 18.0. The molecule has 184 valence electrons. The number of hydrogen-bond donors (Lipinski definition) is 0. The van der Waals surface area contributed by atoms with Crippen LogP contribution in [0, 0.1) is 23.0 Å². The average Bonchev–Trinajstić information content (AvgIpc) is 2.88. The second-order valence-corrected chi connectivity index (χ2v) is 9.00. The van der Waals surface area contributed by atoms with Gasteiger partial charge in [0.2, 0.25) is 0 Å². The number of benzene rings is 3. The van der Waals surface area contributed by atoms with E-state index >= 15 is 4.39 Å². The van der Waals surface area contributed by atoms with Gasteiger partial charge in [-0.15, -0.1) is 0 Å². The molecule has 1 aliphatic heterocycles. The first kappa shape index (κ1) is 25.2. The van der Waals surface area contributed by atoms with Gasteiger partial charge in [0.1, 0.15) is 23.8 Å². The highest BCUT2D eigenvalue weighted by molar-refractivity contribution is 5.84. The van der Waals surface area contributed by atoms with Crippen molar-refractivity contribution in [3.8, 4) is 6.07 Å². The van der Waals surface area contributed by atoms with Crippen LogP contribution >= 0.6 is 0 Å². The largest absolute Gasteiger partial charge is 0.373 e. The van der Waals surface area contributed by atoms with E-state index in [2.05, 4.69) is 6.92 Å². The Morgan fingerprint density at radius 1 is 0.971 bits per heavy atom. The molecule has 0 aromatic heterocycles. The number of rotatable bonds is 10. The molecule has 4 nitrogen and oxygen atoms in total. The van der Waals surface area contributed by atoms with Gasteiger partial charge in [-0.1, -0.05) is 56.5 Å². The molecule has 1 saturated heterocycles. The SMILES string of the molecule is CCCCCCOC1COC(c2ccc3c(F)c(CCc4ccc(C#N)c(F)c4)ccc3c2)OC1. The summed E-state index contributed by atoms with van der Waals surface area (Å²) in [7, 11) is 0. The first-order chi connectivity index (χ1) is 17.1. The van der Waals surface area contributed by atoms with Crippen LogP contribution in [0.15, 0.2) is 48.5 Å². The average molecular weight is 480 g/mol. The van der Waals surface area contributed by atoms with Crippen molar-refractivity contribution in [1.29, 1.82) is 5.26 Å². The molecular weight excluding hydrogens is 448 g/mol. The van der Waals surface area contributed by atoms with Crippen molar-refractivity contribution in [2.24, 2.45) is 0 Å². The van der Waals surface area contributed by atoms with E-state index in [1.54, 1.807) is 18.2 Å². The fourth-order valence-electron chi connectivity index (χ4n) is 4.33.